The molecule has 0 saturated heterocycles. The van der Waals surface area contributed by atoms with Crippen LogP contribution in [0, 0.1) is 0 Å². The molecule has 0 amide bonds. The fourth-order valence-electron chi connectivity index (χ4n) is 2.23. The number of hydrogen-bond acceptors (Lipinski definition) is 4. The molecule has 1 aliphatic heterocycles. The zero-order valence-electron chi connectivity index (χ0n) is 12.7. The topological polar surface area (TPSA) is 72.8 Å². The standard InChI is InChI=1S/C18H13BrO5/c1-10(18(21)22)23-12-6-7-13-15(9-12)24-16(17(13)20)8-11-4-2-3-5-14(11)19/h2-10H,1H3,(H,21,22)/b16-8-/t10-/m1/s1. The summed E-state index contributed by atoms with van der Waals surface area (Å²) in [5, 5.41) is 8.89. The Labute approximate surface area is 146 Å². The Bertz CT molecular complexity index is 856. The van der Waals surface area contributed by atoms with Gasteiger partial charge in [0.2, 0.25) is 5.78 Å². The second kappa shape index (κ2) is 6.49. The summed E-state index contributed by atoms with van der Waals surface area (Å²) < 4.78 is 11.8. The van der Waals surface area contributed by atoms with E-state index in [-0.39, 0.29) is 11.5 Å². The molecular formula is C18H13BrO5. The van der Waals surface area contributed by atoms with Crippen LogP contribution in [-0.4, -0.2) is 23.0 Å². The lowest BCUT2D eigenvalue weighted by atomic mass is 10.1. The molecule has 2 aromatic carbocycles. The molecule has 24 heavy (non-hydrogen) atoms. The minimum absolute atomic E-state index is 0.209. The van der Waals surface area contributed by atoms with Gasteiger partial charge in [-0.15, -0.1) is 0 Å². The summed E-state index contributed by atoms with van der Waals surface area (Å²) >= 11 is 3.42. The van der Waals surface area contributed by atoms with Gasteiger partial charge in [-0.1, -0.05) is 34.1 Å². The molecule has 0 spiro atoms. The Morgan fingerprint density at radius 3 is 2.75 bits per heavy atom. The number of carbonyl (C=O) groups is 2. The van der Waals surface area contributed by atoms with E-state index in [9.17, 15) is 9.59 Å². The Balaban J connectivity index is 1.88. The fourth-order valence-corrected chi connectivity index (χ4v) is 2.63. The van der Waals surface area contributed by atoms with Crippen LogP contribution in [0.3, 0.4) is 0 Å². The number of ketones is 1. The Kier molecular flexibility index (Phi) is 4.40. The molecule has 5 nitrogen and oxygen atoms in total. The van der Waals surface area contributed by atoms with Crippen LogP contribution >= 0.6 is 15.9 Å². The van der Waals surface area contributed by atoms with Gasteiger partial charge in [-0.05, 0) is 36.8 Å². The minimum Gasteiger partial charge on any atom is -0.479 e. The van der Waals surface area contributed by atoms with Gasteiger partial charge in [-0.3, -0.25) is 4.79 Å². The van der Waals surface area contributed by atoms with Crippen LogP contribution < -0.4 is 9.47 Å². The van der Waals surface area contributed by atoms with Crippen molar-refractivity contribution < 1.29 is 24.2 Å². The first-order chi connectivity index (χ1) is 11.5. The summed E-state index contributed by atoms with van der Waals surface area (Å²) in [6.45, 7) is 1.43. The molecule has 1 heterocycles. The van der Waals surface area contributed by atoms with E-state index in [2.05, 4.69) is 15.9 Å². The summed E-state index contributed by atoms with van der Waals surface area (Å²) in [5.41, 5.74) is 1.24. The monoisotopic (exact) mass is 388 g/mol. The van der Waals surface area contributed by atoms with E-state index in [1.165, 1.54) is 13.0 Å². The van der Waals surface area contributed by atoms with Crippen LogP contribution in [-0.2, 0) is 4.79 Å². The molecule has 0 radical (unpaired) electrons. The van der Waals surface area contributed by atoms with E-state index in [1.807, 2.05) is 24.3 Å². The number of carboxylic acid groups (broad SMARTS) is 1. The van der Waals surface area contributed by atoms with Crippen molar-refractivity contribution in [3.63, 3.8) is 0 Å². The third-order valence-corrected chi connectivity index (χ3v) is 4.22. The molecule has 122 valence electrons. The van der Waals surface area contributed by atoms with Crippen molar-refractivity contribution in [3.8, 4) is 11.5 Å². The number of hydrogen-bond donors (Lipinski definition) is 1. The van der Waals surface area contributed by atoms with Gasteiger partial charge in [0.25, 0.3) is 0 Å². The summed E-state index contributed by atoms with van der Waals surface area (Å²) in [7, 11) is 0. The molecule has 3 rings (SSSR count). The third-order valence-electron chi connectivity index (χ3n) is 3.49. The summed E-state index contributed by atoms with van der Waals surface area (Å²) in [5.74, 6) is -0.395. The van der Waals surface area contributed by atoms with E-state index in [0.29, 0.717) is 17.1 Å². The number of fused-ring (bicyclic) bond motifs is 1. The predicted octanol–water partition coefficient (Wildman–Crippen LogP) is 3.92. The number of allylic oxidation sites excluding steroid dienone is 1. The second-order valence-electron chi connectivity index (χ2n) is 5.22. The van der Waals surface area contributed by atoms with Gasteiger partial charge in [0.1, 0.15) is 11.5 Å². The number of aliphatic carboxylic acids is 1. The molecule has 0 fully saturated rings. The molecule has 0 aliphatic carbocycles. The third kappa shape index (κ3) is 3.19. The van der Waals surface area contributed by atoms with Crippen LogP contribution in [0.25, 0.3) is 6.08 Å². The smallest absolute Gasteiger partial charge is 0.344 e. The molecule has 2 aromatic rings. The largest absolute Gasteiger partial charge is 0.479 e. The number of Topliss-reactive ketones (excluding diaryl/α,β-unsaturated/α-hetero) is 1. The van der Waals surface area contributed by atoms with E-state index in [0.717, 1.165) is 10.0 Å². The second-order valence-corrected chi connectivity index (χ2v) is 6.07. The van der Waals surface area contributed by atoms with Gasteiger partial charge in [0.05, 0.1) is 5.56 Å². The van der Waals surface area contributed by atoms with E-state index < -0.39 is 12.1 Å². The Hall–Kier alpha value is -2.60. The van der Waals surface area contributed by atoms with Crippen LogP contribution in [0.1, 0.15) is 22.8 Å². The van der Waals surface area contributed by atoms with Crippen molar-refractivity contribution in [2.75, 3.05) is 0 Å². The van der Waals surface area contributed by atoms with Crippen molar-refractivity contribution in [2.45, 2.75) is 13.0 Å². The van der Waals surface area contributed by atoms with Gasteiger partial charge < -0.3 is 14.6 Å². The highest BCUT2D eigenvalue weighted by Crippen LogP contribution is 2.35. The van der Waals surface area contributed by atoms with Crippen molar-refractivity contribution in [1.29, 1.82) is 0 Å². The van der Waals surface area contributed by atoms with Crippen molar-refractivity contribution in [3.05, 3.63) is 63.8 Å². The number of carbonyl (C=O) groups excluding carboxylic acids is 1. The molecule has 0 unspecified atom stereocenters. The van der Waals surface area contributed by atoms with Gasteiger partial charge in [0, 0.05) is 10.5 Å². The summed E-state index contributed by atoms with van der Waals surface area (Å²) in [6, 6.07) is 12.1. The van der Waals surface area contributed by atoms with Gasteiger partial charge in [-0.2, -0.15) is 0 Å². The van der Waals surface area contributed by atoms with Crippen molar-refractivity contribution in [2.24, 2.45) is 0 Å². The highest BCUT2D eigenvalue weighted by molar-refractivity contribution is 9.10. The van der Waals surface area contributed by atoms with Crippen LogP contribution in [0.2, 0.25) is 0 Å². The average Bonchev–Trinajstić information content (AvgIpc) is 2.85. The van der Waals surface area contributed by atoms with Crippen LogP contribution in [0.15, 0.2) is 52.7 Å². The molecule has 1 N–H and O–H groups in total. The first-order valence-corrected chi connectivity index (χ1v) is 7.97. The first-order valence-electron chi connectivity index (χ1n) is 7.18. The number of ether oxygens (including phenoxy) is 2. The zero-order chi connectivity index (χ0) is 17.3. The lowest BCUT2D eigenvalue weighted by Gasteiger charge is -2.10. The van der Waals surface area contributed by atoms with Crippen molar-refractivity contribution >= 4 is 33.8 Å². The normalized spacial score (nSPS) is 15.8. The number of carboxylic acids is 1. The van der Waals surface area contributed by atoms with Crippen LogP contribution in [0.4, 0.5) is 0 Å². The number of rotatable bonds is 4. The molecule has 0 saturated carbocycles. The maximum atomic E-state index is 12.4. The molecule has 6 heteroatoms. The van der Waals surface area contributed by atoms with E-state index >= 15 is 0 Å². The highest BCUT2D eigenvalue weighted by atomic mass is 79.9. The molecule has 0 aromatic heterocycles. The Morgan fingerprint density at radius 2 is 2.04 bits per heavy atom. The predicted molar refractivity (Wildman–Crippen MR) is 91.2 cm³/mol. The molecule has 0 bridgehead atoms. The molecule has 1 aliphatic rings. The zero-order valence-corrected chi connectivity index (χ0v) is 14.2. The van der Waals surface area contributed by atoms with Crippen molar-refractivity contribution in [1.82, 2.24) is 0 Å². The highest BCUT2D eigenvalue weighted by Gasteiger charge is 2.28. The minimum atomic E-state index is -1.07. The number of benzene rings is 2. The first kappa shape index (κ1) is 16.3. The average molecular weight is 389 g/mol. The lowest BCUT2D eigenvalue weighted by Crippen LogP contribution is -2.22. The fraction of sp³-hybridized carbons (Fsp3) is 0.111. The summed E-state index contributed by atoms with van der Waals surface area (Å²) in [6.07, 6.45) is 0.669. The van der Waals surface area contributed by atoms with Crippen LogP contribution in [0.5, 0.6) is 11.5 Å². The van der Waals surface area contributed by atoms with E-state index in [4.69, 9.17) is 14.6 Å². The Morgan fingerprint density at radius 1 is 1.29 bits per heavy atom. The van der Waals surface area contributed by atoms with E-state index in [1.54, 1.807) is 18.2 Å². The van der Waals surface area contributed by atoms with Gasteiger partial charge in [-0.25, -0.2) is 4.79 Å². The summed E-state index contributed by atoms with van der Waals surface area (Å²) in [4.78, 5) is 23.3. The van der Waals surface area contributed by atoms with Gasteiger partial charge >= 0.3 is 5.97 Å². The maximum absolute atomic E-state index is 12.4. The number of halogens is 1. The maximum Gasteiger partial charge on any atom is 0.344 e. The van der Waals surface area contributed by atoms with Gasteiger partial charge in [0.15, 0.2) is 11.9 Å². The molecular weight excluding hydrogens is 376 g/mol. The molecule has 1 atom stereocenters. The SMILES string of the molecule is C[C@@H](Oc1ccc2c(c1)O/C(=C\c1ccccc1Br)C2=O)C(=O)O. The quantitative estimate of drug-likeness (QED) is 0.803. The lowest BCUT2D eigenvalue weighted by molar-refractivity contribution is -0.144.